The van der Waals surface area contributed by atoms with Crippen molar-refractivity contribution in [1.82, 2.24) is 24.6 Å². The lowest BCUT2D eigenvalue weighted by molar-refractivity contribution is 0.759. The van der Waals surface area contributed by atoms with Crippen molar-refractivity contribution in [2.75, 3.05) is 11.1 Å². The van der Waals surface area contributed by atoms with E-state index in [0.29, 0.717) is 17.4 Å². The predicted molar refractivity (Wildman–Crippen MR) is 81.0 cm³/mol. The summed E-state index contributed by atoms with van der Waals surface area (Å²) in [4.78, 5) is 8.71. The Balaban J connectivity index is 1.77. The molecule has 0 saturated carbocycles. The topological polar surface area (TPSA) is 94.0 Å². The third-order valence-electron chi connectivity index (χ3n) is 3.33. The van der Waals surface area contributed by atoms with Gasteiger partial charge in [0.2, 0.25) is 5.95 Å². The van der Waals surface area contributed by atoms with E-state index in [1.54, 1.807) is 10.7 Å². The molecular weight excluding hydrogens is 266 g/mol. The smallest absolute Gasteiger partial charge is 0.209 e. The van der Waals surface area contributed by atoms with E-state index in [1.165, 1.54) is 5.56 Å². The number of pyridine rings is 1. The minimum atomic E-state index is 0.177. The molecule has 3 heterocycles. The van der Waals surface area contributed by atoms with Crippen LogP contribution in [0.3, 0.4) is 0 Å². The Morgan fingerprint density at radius 2 is 2.29 bits per heavy atom. The normalized spacial score (nSPS) is 12.5. The van der Waals surface area contributed by atoms with Gasteiger partial charge in [0.1, 0.15) is 12.1 Å². The Bertz CT molecular complexity index is 765. The zero-order chi connectivity index (χ0) is 14.8. The lowest BCUT2D eigenvalue weighted by Crippen LogP contribution is -2.20. The first-order valence-electron chi connectivity index (χ1n) is 6.77. The van der Waals surface area contributed by atoms with Crippen LogP contribution in [-0.2, 0) is 6.42 Å². The summed E-state index contributed by atoms with van der Waals surface area (Å²) >= 11 is 0. The summed E-state index contributed by atoms with van der Waals surface area (Å²) in [5, 5.41) is 11.1. The second-order valence-electron chi connectivity index (χ2n) is 5.08. The maximum atomic E-state index is 5.87. The van der Waals surface area contributed by atoms with Gasteiger partial charge in [-0.1, -0.05) is 6.07 Å². The van der Waals surface area contributed by atoms with Gasteiger partial charge in [-0.3, -0.25) is 9.38 Å². The Hall–Kier alpha value is -2.70. The van der Waals surface area contributed by atoms with Crippen LogP contribution in [0.5, 0.6) is 0 Å². The van der Waals surface area contributed by atoms with Gasteiger partial charge < -0.3 is 11.1 Å². The van der Waals surface area contributed by atoms with Crippen LogP contribution in [0.1, 0.15) is 18.2 Å². The van der Waals surface area contributed by atoms with Gasteiger partial charge in [0.15, 0.2) is 5.65 Å². The molecule has 0 bridgehead atoms. The van der Waals surface area contributed by atoms with Crippen LogP contribution in [0.15, 0.2) is 30.7 Å². The van der Waals surface area contributed by atoms with Crippen LogP contribution in [-0.4, -0.2) is 30.6 Å². The molecule has 0 spiro atoms. The maximum Gasteiger partial charge on any atom is 0.209 e. The van der Waals surface area contributed by atoms with E-state index in [9.17, 15) is 0 Å². The Kier molecular flexibility index (Phi) is 3.39. The first kappa shape index (κ1) is 13.3. The third kappa shape index (κ3) is 2.76. The van der Waals surface area contributed by atoms with Crippen molar-refractivity contribution >= 4 is 17.4 Å². The van der Waals surface area contributed by atoms with Crippen LogP contribution in [0.25, 0.3) is 5.65 Å². The molecule has 0 amide bonds. The van der Waals surface area contributed by atoms with E-state index < -0.39 is 0 Å². The summed E-state index contributed by atoms with van der Waals surface area (Å²) in [5.74, 6) is 1.05. The highest BCUT2D eigenvalue weighted by molar-refractivity contribution is 5.54. The summed E-state index contributed by atoms with van der Waals surface area (Å²) in [7, 11) is 0. The van der Waals surface area contributed by atoms with Crippen LogP contribution in [0.2, 0.25) is 0 Å². The second kappa shape index (κ2) is 5.35. The predicted octanol–water partition coefficient (Wildman–Crippen LogP) is 1.45. The first-order valence-corrected chi connectivity index (χ1v) is 6.77. The molecule has 3 aromatic heterocycles. The summed E-state index contributed by atoms with van der Waals surface area (Å²) in [6, 6.07) is 6.01. The number of hydrogen-bond acceptors (Lipinski definition) is 6. The third-order valence-corrected chi connectivity index (χ3v) is 3.33. The number of fused-ring (bicyclic) bond motifs is 1. The molecule has 7 heteroatoms. The number of nitrogens with one attached hydrogen (secondary N) is 1. The van der Waals surface area contributed by atoms with Gasteiger partial charge in [-0.05, 0) is 25.5 Å². The SMILES string of the molecule is Cc1cccnc1CC(C)Nc1cc2nncn2c(N)n1. The largest absolute Gasteiger partial charge is 0.369 e. The van der Waals surface area contributed by atoms with Crippen molar-refractivity contribution in [1.29, 1.82) is 0 Å². The van der Waals surface area contributed by atoms with Crippen LogP contribution in [0, 0.1) is 6.92 Å². The summed E-state index contributed by atoms with van der Waals surface area (Å²) in [5.41, 5.74) is 8.81. The van der Waals surface area contributed by atoms with Crippen LogP contribution < -0.4 is 11.1 Å². The van der Waals surface area contributed by atoms with E-state index in [-0.39, 0.29) is 6.04 Å². The fourth-order valence-electron chi connectivity index (χ4n) is 2.25. The summed E-state index contributed by atoms with van der Waals surface area (Å²) < 4.78 is 1.64. The second-order valence-corrected chi connectivity index (χ2v) is 5.08. The monoisotopic (exact) mass is 283 g/mol. The molecule has 0 fully saturated rings. The number of nitrogens with zero attached hydrogens (tertiary/aromatic N) is 5. The Morgan fingerprint density at radius 1 is 1.43 bits per heavy atom. The van der Waals surface area contributed by atoms with Crippen molar-refractivity contribution in [3.8, 4) is 0 Å². The minimum Gasteiger partial charge on any atom is -0.369 e. The zero-order valence-electron chi connectivity index (χ0n) is 12.0. The Labute approximate surface area is 122 Å². The molecule has 0 aliphatic rings. The molecule has 7 nitrogen and oxygen atoms in total. The average molecular weight is 283 g/mol. The van der Waals surface area contributed by atoms with Gasteiger partial charge in [-0.15, -0.1) is 10.2 Å². The maximum absolute atomic E-state index is 5.87. The average Bonchev–Trinajstić information content (AvgIpc) is 2.90. The molecule has 1 atom stereocenters. The standard InChI is InChI=1S/C14H17N7/c1-9-4-3-5-16-11(9)6-10(2)18-12-7-13-20-17-8-21(13)14(15)19-12/h3-5,7-8,10,18H,6H2,1-2H3,(H2,15,19). The molecular formula is C14H17N7. The van der Waals surface area contributed by atoms with Gasteiger partial charge in [-0.25, -0.2) is 0 Å². The van der Waals surface area contributed by atoms with E-state index in [4.69, 9.17) is 5.73 Å². The number of aromatic nitrogens is 5. The van der Waals surface area contributed by atoms with Gasteiger partial charge in [-0.2, -0.15) is 4.98 Å². The van der Waals surface area contributed by atoms with Gasteiger partial charge in [0.05, 0.1) is 0 Å². The molecule has 1 unspecified atom stereocenters. The summed E-state index contributed by atoms with van der Waals surface area (Å²) in [6.07, 6.45) is 4.17. The molecule has 3 N–H and O–H groups in total. The number of anilines is 2. The van der Waals surface area contributed by atoms with Crippen LogP contribution in [0.4, 0.5) is 11.8 Å². The molecule has 3 rings (SSSR count). The van der Waals surface area contributed by atoms with Crippen molar-refractivity contribution in [3.05, 3.63) is 42.0 Å². The van der Waals surface area contributed by atoms with E-state index >= 15 is 0 Å². The lowest BCUT2D eigenvalue weighted by Gasteiger charge is -2.15. The molecule has 108 valence electrons. The number of rotatable bonds is 4. The van der Waals surface area contributed by atoms with Gasteiger partial charge in [0, 0.05) is 30.4 Å². The molecule has 0 saturated heterocycles. The fraction of sp³-hybridized carbons (Fsp3) is 0.286. The quantitative estimate of drug-likeness (QED) is 0.752. The molecule has 3 aromatic rings. The van der Waals surface area contributed by atoms with E-state index in [2.05, 4.69) is 45.4 Å². The van der Waals surface area contributed by atoms with Gasteiger partial charge in [0.25, 0.3) is 0 Å². The van der Waals surface area contributed by atoms with Crippen LogP contribution >= 0.6 is 0 Å². The zero-order valence-corrected chi connectivity index (χ0v) is 12.0. The van der Waals surface area contributed by atoms with E-state index in [1.807, 2.05) is 18.3 Å². The van der Waals surface area contributed by atoms with Crippen molar-refractivity contribution in [3.63, 3.8) is 0 Å². The number of hydrogen-bond donors (Lipinski definition) is 2. The van der Waals surface area contributed by atoms with Gasteiger partial charge >= 0.3 is 0 Å². The number of nitrogen functional groups attached to an aromatic ring is 1. The fourth-order valence-corrected chi connectivity index (χ4v) is 2.25. The first-order chi connectivity index (χ1) is 10.1. The summed E-state index contributed by atoms with van der Waals surface area (Å²) in [6.45, 7) is 4.15. The minimum absolute atomic E-state index is 0.177. The van der Waals surface area contributed by atoms with E-state index in [0.717, 1.165) is 12.1 Å². The Morgan fingerprint density at radius 3 is 3.10 bits per heavy atom. The lowest BCUT2D eigenvalue weighted by atomic mass is 10.1. The number of nitrogens with two attached hydrogens (primary N) is 1. The molecule has 0 aliphatic carbocycles. The molecule has 0 aromatic carbocycles. The molecule has 0 radical (unpaired) electrons. The van der Waals surface area contributed by atoms with Crippen molar-refractivity contribution in [2.45, 2.75) is 26.3 Å². The highest BCUT2D eigenvalue weighted by atomic mass is 15.3. The molecule has 21 heavy (non-hydrogen) atoms. The van der Waals surface area contributed by atoms with Crippen molar-refractivity contribution < 1.29 is 0 Å². The highest BCUT2D eigenvalue weighted by Gasteiger charge is 2.10. The highest BCUT2D eigenvalue weighted by Crippen LogP contribution is 2.14. The number of aryl methyl sites for hydroxylation is 1. The molecule has 0 aliphatic heterocycles. The van der Waals surface area contributed by atoms with Crippen molar-refractivity contribution in [2.24, 2.45) is 0 Å².